The number of nitrogens with zero attached hydrogens (tertiary/aromatic N) is 2. The molecule has 0 unspecified atom stereocenters. The molecule has 0 aliphatic carbocycles. The number of carbonyl (C=O) groups is 2. The van der Waals surface area contributed by atoms with Gasteiger partial charge in [0.05, 0.1) is 13.0 Å². The van der Waals surface area contributed by atoms with Crippen molar-refractivity contribution in [3.05, 3.63) is 34.3 Å². The number of benzene rings is 1. The van der Waals surface area contributed by atoms with Crippen LogP contribution in [0.15, 0.2) is 28.7 Å². The standard InChI is InChI=1S/C15H19BrN2O2/c1-12(19)11-17-6-8-18(9-7-17)15(20)10-13-2-4-14(16)5-3-13/h2-5H,6-11H2,1H3. The van der Waals surface area contributed by atoms with Gasteiger partial charge in [0, 0.05) is 30.7 Å². The lowest BCUT2D eigenvalue weighted by Gasteiger charge is -2.34. The lowest BCUT2D eigenvalue weighted by atomic mass is 10.1. The minimum Gasteiger partial charge on any atom is -0.340 e. The molecule has 1 aromatic carbocycles. The first-order chi connectivity index (χ1) is 9.54. The first-order valence-electron chi connectivity index (χ1n) is 6.78. The Morgan fingerprint density at radius 3 is 2.25 bits per heavy atom. The van der Waals surface area contributed by atoms with Crippen molar-refractivity contribution in [2.24, 2.45) is 0 Å². The Labute approximate surface area is 127 Å². The summed E-state index contributed by atoms with van der Waals surface area (Å²) >= 11 is 3.39. The van der Waals surface area contributed by atoms with Gasteiger partial charge in [-0.25, -0.2) is 0 Å². The first kappa shape index (κ1) is 15.2. The third kappa shape index (κ3) is 4.42. The minimum atomic E-state index is 0.162. The van der Waals surface area contributed by atoms with Crippen LogP contribution in [0, 0.1) is 0 Å². The van der Waals surface area contributed by atoms with E-state index in [1.165, 1.54) is 0 Å². The number of Topliss-reactive ketones (excluding diaryl/α,β-unsaturated/α-hetero) is 1. The minimum absolute atomic E-state index is 0.162. The molecule has 0 atom stereocenters. The van der Waals surface area contributed by atoms with Crippen LogP contribution in [-0.2, 0) is 16.0 Å². The molecule has 1 aliphatic heterocycles. The van der Waals surface area contributed by atoms with Gasteiger partial charge in [-0.15, -0.1) is 0 Å². The predicted molar refractivity (Wildman–Crippen MR) is 81.5 cm³/mol. The summed E-state index contributed by atoms with van der Waals surface area (Å²) in [7, 11) is 0. The molecular formula is C15H19BrN2O2. The summed E-state index contributed by atoms with van der Waals surface area (Å²) in [6.07, 6.45) is 0.444. The molecule has 1 heterocycles. The molecular weight excluding hydrogens is 320 g/mol. The molecule has 1 fully saturated rings. The number of rotatable bonds is 4. The quantitative estimate of drug-likeness (QED) is 0.839. The summed E-state index contributed by atoms with van der Waals surface area (Å²) in [5, 5.41) is 0. The number of halogens is 1. The lowest BCUT2D eigenvalue weighted by Crippen LogP contribution is -2.50. The van der Waals surface area contributed by atoms with Gasteiger partial charge < -0.3 is 4.90 Å². The smallest absolute Gasteiger partial charge is 0.227 e. The van der Waals surface area contributed by atoms with Crippen LogP contribution in [0.3, 0.4) is 0 Å². The zero-order chi connectivity index (χ0) is 14.5. The second-order valence-electron chi connectivity index (χ2n) is 5.16. The van der Waals surface area contributed by atoms with Gasteiger partial charge in [0.15, 0.2) is 0 Å². The Balaban J connectivity index is 1.82. The SMILES string of the molecule is CC(=O)CN1CCN(C(=O)Cc2ccc(Br)cc2)CC1. The monoisotopic (exact) mass is 338 g/mol. The van der Waals surface area contributed by atoms with Gasteiger partial charge in [-0.05, 0) is 24.6 Å². The molecule has 1 aliphatic rings. The van der Waals surface area contributed by atoms with E-state index in [1.54, 1.807) is 6.92 Å². The molecule has 108 valence electrons. The second kappa shape index (κ2) is 6.99. The Morgan fingerprint density at radius 2 is 1.70 bits per heavy atom. The molecule has 20 heavy (non-hydrogen) atoms. The molecule has 0 bridgehead atoms. The molecule has 2 rings (SSSR count). The fourth-order valence-corrected chi connectivity index (χ4v) is 2.62. The van der Waals surface area contributed by atoms with Crippen molar-refractivity contribution >= 4 is 27.6 Å². The third-order valence-corrected chi connectivity index (χ3v) is 3.97. The van der Waals surface area contributed by atoms with Crippen LogP contribution in [0.1, 0.15) is 12.5 Å². The van der Waals surface area contributed by atoms with Gasteiger partial charge in [-0.3, -0.25) is 14.5 Å². The van der Waals surface area contributed by atoms with Crippen LogP contribution in [0.2, 0.25) is 0 Å². The molecule has 0 spiro atoms. The maximum atomic E-state index is 12.2. The number of piperazine rings is 1. The van der Waals surface area contributed by atoms with Crippen LogP contribution in [0.4, 0.5) is 0 Å². The normalized spacial score (nSPS) is 16.2. The van der Waals surface area contributed by atoms with Gasteiger partial charge in [0.2, 0.25) is 5.91 Å². The first-order valence-corrected chi connectivity index (χ1v) is 7.58. The summed E-state index contributed by atoms with van der Waals surface area (Å²) in [5.74, 6) is 0.342. The van der Waals surface area contributed by atoms with Crippen LogP contribution < -0.4 is 0 Å². The molecule has 1 amide bonds. The Kier molecular flexibility index (Phi) is 5.31. The summed E-state index contributed by atoms with van der Waals surface area (Å²) in [6, 6.07) is 7.84. The van der Waals surface area contributed by atoms with Crippen molar-refractivity contribution in [2.75, 3.05) is 32.7 Å². The average Bonchev–Trinajstić information content (AvgIpc) is 2.41. The second-order valence-corrected chi connectivity index (χ2v) is 6.08. The number of hydrogen-bond acceptors (Lipinski definition) is 3. The third-order valence-electron chi connectivity index (χ3n) is 3.44. The fraction of sp³-hybridized carbons (Fsp3) is 0.467. The largest absolute Gasteiger partial charge is 0.340 e. The van der Waals surface area contributed by atoms with Crippen molar-refractivity contribution in [1.29, 1.82) is 0 Å². The zero-order valence-electron chi connectivity index (χ0n) is 11.6. The van der Waals surface area contributed by atoms with E-state index in [4.69, 9.17) is 0 Å². The lowest BCUT2D eigenvalue weighted by molar-refractivity contribution is -0.132. The van der Waals surface area contributed by atoms with E-state index in [-0.39, 0.29) is 11.7 Å². The summed E-state index contributed by atoms with van der Waals surface area (Å²) in [6.45, 7) is 5.09. The molecule has 1 aromatic rings. The molecule has 0 saturated carbocycles. The van der Waals surface area contributed by atoms with Crippen molar-refractivity contribution in [2.45, 2.75) is 13.3 Å². The Morgan fingerprint density at radius 1 is 1.10 bits per heavy atom. The molecule has 1 saturated heterocycles. The van der Waals surface area contributed by atoms with E-state index < -0.39 is 0 Å². The maximum absolute atomic E-state index is 12.2. The van der Waals surface area contributed by atoms with E-state index in [0.29, 0.717) is 26.1 Å². The van der Waals surface area contributed by atoms with Crippen molar-refractivity contribution in [3.8, 4) is 0 Å². The highest BCUT2D eigenvalue weighted by Gasteiger charge is 2.21. The Hall–Kier alpha value is -1.20. The number of hydrogen-bond donors (Lipinski definition) is 0. The van der Waals surface area contributed by atoms with Crippen LogP contribution in [0.5, 0.6) is 0 Å². The molecule has 0 radical (unpaired) electrons. The zero-order valence-corrected chi connectivity index (χ0v) is 13.2. The maximum Gasteiger partial charge on any atom is 0.227 e. The highest BCUT2D eigenvalue weighted by molar-refractivity contribution is 9.10. The van der Waals surface area contributed by atoms with Crippen molar-refractivity contribution in [1.82, 2.24) is 9.80 Å². The average molecular weight is 339 g/mol. The van der Waals surface area contributed by atoms with Gasteiger partial charge in [-0.2, -0.15) is 0 Å². The molecule has 0 aromatic heterocycles. The van der Waals surface area contributed by atoms with E-state index >= 15 is 0 Å². The topological polar surface area (TPSA) is 40.6 Å². The van der Waals surface area contributed by atoms with Crippen molar-refractivity contribution in [3.63, 3.8) is 0 Å². The highest BCUT2D eigenvalue weighted by atomic mass is 79.9. The van der Waals surface area contributed by atoms with E-state index in [0.717, 1.165) is 23.1 Å². The molecule has 5 heteroatoms. The van der Waals surface area contributed by atoms with Gasteiger partial charge in [0.1, 0.15) is 5.78 Å². The van der Waals surface area contributed by atoms with Gasteiger partial charge >= 0.3 is 0 Å². The van der Waals surface area contributed by atoms with Crippen LogP contribution in [0.25, 0.3) is 0 Å². The number of carbonyl (C=O) groups excluding carboxylic acids is 2. The summed E-state index contributed by atoms with van der Waals surface area (Å²) < 4.78 is 1.02. The van der Waals surface area contributed by atoms with E-state index in [1.807, 2.05) is 29.2 Å². The molecule has 0 N–H and O–H groups in total. The highest BCUT2D eigenvalue weighted by Crippen LogP contribution is 2.12. The number of ketones is 1. The van der Waals surface area contributed by atoms with E-state index in [2.05, 4.69) is 20.8 Å². The van der Waals surface area contributed by atoms with Crippen molar-refractivity contribution < 1.29 is 9.59 Å². The summed E-state index contributed by atoms with van der Waals surface area (Å²) in [5.41, 5.74) is 1.03. The fourth-order valence-electron chi connectivity index (χ4n) is 2.36. The number of amides is 1. The van der Waals surface area contributed by atoms with Gasteiger partial charge in [-0.1, -0.05) is 28.1 Å². The molecule has 4 nitrogen and oxygen atoms in total. The van der Waals surface area contributed by atoms with E-state index in [9.17, 15) is 9.59 Å². The predicted octanol–water partition coefficient (Wildman–Crippen LogP) is 1.72. The van der Waals surface area contributed by atoms with Crippen LogP contribution in [-0.4, -0.2) is 54.2 Å². The van der Waals surface area contributed by atoms with Gasteiger partial charge in [0.25, 0.3) is 0 Å². The summed E-state index contributed by atoms with van der Waals surface area (Å²) in [4.78, 5) is 27.3. The van der Waals surface area contributed by atoms with Crippen LogP contribution >= 0.6 is 15.9 Å². The Bertz CT molecular complexity index is 479.